The Balaban J connectivity index is 1.97. The highest BCUT2D eigenvalue weighted by Crippen LogP contribution is 2.22. The normalized spacial score (nSPS) is 26.2. The van der Waals surface area contributed by atoms with Crippen molar-refractivity contribution in [1.29, 1.82) is 0 Å². The molecule has 3 aliphatic heterocycles. The van der Waals surface area contributed by atoms with Crippen LogP contribution in [0.1, 0.15) is 52.5 Å². The minimum absolute atomic E-state index is 0.0813. The van der Waals surface area contributed by atoms with Crippen LogP contribution in [0.2, 0.25) is 0 Å². The molecule has 186 valence electrons. The van der Waals surface area contributed by atoms with Crippen LogP contribution in [0.3, 0.4) is 0 Å². The number of rotatable bonds is 5. The van der Waals surface area contributed by atoms with Crippen molar-refractivity contribution in [3.8, 4) is 5.75 Å². The lowest BCUT2D eigenvalue weighted by atomic mass is 9.96. The van der Waals surface area contributed by atoms with Gasteiger partial charge in [0.1, 0.15) is 23.9 Å². The lowest BCUT2D eigenvalue weighted by Gasteiger charge is -2.33. The van der Waals surface area contributed by atoms with Crippen molar-refractivity contribution in [1.82, 2.24) is 20.9 Å². The van der Waals surface area contributed by atoms with Crippen LogP contribution in [0.15, 0.2) is 30.5 Å². The zero-order valence-corrected chi connectivity index (χ0v) is 20.8. The molecule has 4 unspecified atom stereocenters. The maximum absolute atomic E-state index is 13.6. The minimum atomic E-state index is -0.956. The fraction of sp³-hybridized carbons (Fsp3) is 0.577. The number of hydrogen-bond acceptors (Lipinski definition) is 5. The average molecular weight is 471 g/mol. The summed E-state index contributed by atoms with van der Waals surface area (Å²) in [7, 11) is 1.92. The van der Waals surface area contributed by atoms with Gasteiger partial charge in [-0.2, -0.15) is 0 Å². The number of nitrogens with one attached hydrogen (secondary N) is 3. The Kier molecular flexibility index (Phi) is 8.72. The average Bonchev–Trinajstić information content (AvgIpc) is 3.21. The van der Waals surface area contributed by atoms with Gasteiger partial charge in [-0.05, 0) is 68.5 Å². The fourth-order valence-electron chi connectivity index (χ4n) is 4.48. The lowest BCUT2D eigenvalue weighted by Crippen LogP contribution is -2.61. The number of fused-ring (bicyclic) bond motifs is 10. The lowest BCUT2D eigenvalue weighted by molar-refractivity contribution is -0.136. The van der Waals surface area contributed by atoms with Crippen molar-refractivity contribution in [3.05, 3.63) is 36.0 Å². The Morgan fingerprint density at radius 2 is 1.85 bits per heavy atom. The molecule has 3 amide bonds. The number of benzene rings is 1. The molecule has 8 nitrogen and oxygen atoms in total. The predicted octanol–water partition coefficient (Wildman–Crippen LogP) is 2.30. The Labute approximate surface area is 202 Å². The van der Waals surface area contributed by atoms with Gasteiger partial charge in [0, 0.05) is 6.20 Å². The van der Waals surface area contributed by atoms with Gasteiger partial charge in [-0.25, -0.2) is 0 Å². The van der Waals surface area contributed by atoms with Gasteiger partial charge in [-0.3, -0.25) is 19.3 Å². The molecular weight excluding hydrogens is 432 g/mol. The van der Waals surface area contributed by atoms with Gasteiger partial charge in [0.05, 0.1) is 6.04 Å². The number of amides is 3. The topological polar surface area (TPSA) is 99.8 Å². The Morgan fingerprint density at radius 1 is 1.15 bits per heavy atom. The number of carbonyl (C=O) groups is 3. The predicted molar refractivity (Wildman–Crippen MR) is 132 cm³/mol. The summed E-state index contributed by atoms with van der Waals surface area (Å²) in [5.74, 6) is -0.203. The molecule has 1 aromatic rings. The fourth-order valence-corrected chi connectivity index (χ4v) is 4.48. The first kappa shape index (κ1) is 25.7. The summed E-state index contributed by atoms with van der Waals surface area (Å²) < 4.78 is 6.28. The molecule has 4 atom stereocenters. The van der Waals surface area contributed by atoms with Crippen LogP contribution < -0.4 is 20.7 Å². The summed E-state index contributed by atoms with van der Waals surface area (Å²) in [5, 5.41) is 8.64. The molecule has 1 fully saturated rings. The minimum Gasteiger partial charge on any atom is -0.487 e. The molecule has 1 aromatic carbocycles. The molecule has 8 heteroatoms. The van der Waals surface area contributed by atoms with E-state index in [0.29, 0.717) is 12.2 Å². The van der Waals surface area contributed by atoms with E-state index in [1.807, 2.05) is 63.9 Å². The number of likely N-dealkylation sites (N-methyl/N-ethyl adjacent to an activating group) is 1. The highest BCUT2D eigenvalue weighted by atomic mass is 16.5. The molecule has 4 rings (SSSR count). The third kappa shape index (κ3) is 6.59. The van der Waals surface area contributed by atoms with E-state index < -0.39 is 24.1 Å². The van der Waals surface area contributed by atoms with Crippen LogP contribution in [-0.2, 0) is 14.4 Å². The van der Waals surface area contributed by atoms with Crippen LogP contribution in [0.4, 0.5) is 0 Å². The highest BCUT2D eigenvalue weighted by molar-refractivity contribution is 5.94. The van der Waals surface area contributed by atoms with Crippen LogP contribution in [0.5, 0.6) is 5.75 Å². The molecule has 3 heterocycles. The zero-order chi connectivity index (χ0) is 24.8. The number of ether oxygens (including phenoxy) is 1. The maximum Gasteiger partial charge on any atom is 0.247 e. The molecule has 0 aromatic heterocycles. The Hall–Kier alpha value is -2.87. The van der Waals surface area contributed by atoms with E-state index in [0.717, 1.165) is 24.9 Å². The first-order valence-electron chi connectivity index (χ1n) is 12.2. The number of carbonyl (C=O) groups excluding carboxylic acids is 3. The monoisotopic (exact) mass is 470 g/mol. The van der Waals surface area contributed by atoms with Gasteiger partial charge in [0.2, 0.25) is 17.7 Å². The van der Waals surface area contributed by atoms with Crippen LogP contribution in [-0.4, -0.2) is 60.4 Å². The Morgan fingerprint density at radius 3 is 2.44 bits per heavy atom. The third-order valence-electron chi connectivity index (χ3n) is 6.38. The van der Waals surface area contributed by atoms with Gasteiger partial charge in [0.25, 0.3) is 0 Å². The van der Waals surface area contributed by atoms with E-state index in [-0.39, 0.29) is 29.7 Å². The van der Waals surface area contributed by atoms with E-state index in [1.165, 1.54) is 0 Å². The number of hydrogen-bond donors (Lipinski definition) is 3. The highest BCUT2D eigenvalue weighted by Gasteiger charge is 2.38. The van der Waals surface area contributed by atoms with Gasteiger partial charge in [-0.15, -0.1) is 0 Å². The van der Waals surface area contributed by atoms with Crippen molar-refractivity contribution < 1.29 is 19.1 Å². The summed E-state index contributed by atoms with van der Waals surface area (Å²) in [6.07, 6.45) is 4.90. The molecule has 2 bridgehead atoms. The molecular formula is C26H38N4O4. The van der Waals surface area contributed by atoms with Crippen molar-refractivity contribution >= 4 is 23.8 Å². The second-order valence-corrected chi connectivity index (χ2v) is 10.1. The quantitative estimate of drug-likeness (QED) is 0.613. The molecule has 0 radical (unpaired) electrons. The summed E-state index contributed by atoms with van der Waals surface area (Å²) in [5.41, 5.74) is 0.907. The molecule has 3 N–H and O–H groups in total. The summed E-state index contributed by atoms with van der Waals surface area (Å²) in [6.45, 7) is 8.75. The summed E-state index contributed by atoms with van der Waals surface area (Å²) in [6, 6.07) is 5.44. The van der Waals surface area contributed by atoms with Gasteiger partial charge < -0.3 is 20.7 Å². The molecule has 0 aliphatic carbocycles. The van der Waals surface area contributed by atoms with Gasteiger partial charge in [-0.1, -0.05) is 39.8 Å². The van der Waals surface area contributed by atoms with Crippen molar-refractivity contribution in [2.45, 2.75) is 71.2 Å². The third-order valence-corrected chi connectivity index (χ3v) is 6.38. The largest absolute Gasteiger partial charge is 0.487 e. The summed E-state index contributed by atoms with van der Waals surface area (Å²) in [4.78, 5) is 41.7. The maximum atomic E-state index is 13.6. The van der Waals surface area contributed by atoms with Crippen LogP contribution >= 0.6 is 0 Å². The van der Waals surface area contributed by atoms with Crippen LogP contribution in [0, 0.1) is 11.8 Å². The molecule has 3 aliphatic rings. The zero-order valence-electron chi connectivity index (χ0n) is 20.8. The second-order valence-electron chi connectivity index (χ2n) is 10.1. The van der Waals surface area contributed by atoms with Crippen molar-refractivity contribution in [2.24, 2.45) is 11.8 Å². The van der Waals surface area contributed by atoms with E-state index in [4.69, 9.17) is 4.74 Å². The molecule has 0 spiro atoms. The first-order chi connectivity index (χ1) is 16.2. The van der Waals surface area contributed by atoms with E-state index in [2.05, 4.69) is 16.0 Å². The van der Waals surface area contributed by atoms with Crippen LogP contribution in [0.25, 0.3) is 6.08 Å². The van der Waals surface area contributed by atoms with E-state index >= 15 is 0 Å². The van der Waals surface area contributed by atoms with E-state index in [9.17, 15) is 14.4 Å². The van der Waals surface area contributed by atoms with E-state index in [1.54, 1.807) is 12.3 Å². The number of likely N-dealkylation sites (tertiary alicyclic amines) is 1. The SMILES string of the molecule is CC(C)CC1NC(=O)C(NC(=O)C2CCCN2C)C(C(C)C)Oc2ccc(cc2)C=CNC1=O. The van der Waals surface area contributed by atoms with Gasteiger partial charge in [0.15, 0.2) is 0 Å². The van der Waals surface area contributed by atoms with Crippen molar-refractivity contribution in [2.75, 3.05) is 13.6 Å². The summed E-state index contributed by atoms with van der Waals surface area (Å²) >= 11 is 0. The van der Waals surface area contributed by atoms with Crippen molar-refractivity contribution in [3.63, 3.8) is 0 Å². The number of nitrogens with zero attached hydrogens (tertiary/aromatic N) is 1. The molecule has 34 heavy (non-hydrogen) atoms. The van der Waals surface area contributed by atoms with Gasteiger partial charge >= 0.3 is 0 Å². The molecule has 1 saturated heterocycles. The standard InChI is InChI=1S/C26H38N4O4/c1-16(2)15-20-24(31)27-13-12-18-8-10-19(11-9-18)34-23(17(3)4)22(26(33)28-20)29-25(32)21-7-6-14-30(21)5/h8-13,16-17,20-23H,6-7,14-15H2,1-5H3,(H,27,31)(H,28,33)(H,29,32). The second kappa shape index (κ2) is 11.5. The Bertz CT molecular complexity index is 897. The molecule has 0 saturated carbocycles. The smallest absolute Gasteiger partial charge is 0.247 e. The first-order valence-corrected chi connectivity index (χ1v) is 12.2.